The molecule has 2 nitrogen and oxygen atoms in total. The third kappa shape index (κ3) is 2.96. The lowest BCUT2D eigenvalue weighted by Crippen LogP contribution is -2.41. The van der Waals surface area contributed by atoms with E-state index in [2.05, 4.69) is 67.3 Å². The molecule has 2 atom stereocenters. The molecular weight excluding hydrogens is 256 g/mol. The lowest BCUT2D eigenvalue weighted by Gasteiger charge is -2.38. The zero-order chi connectivity index (χ0) is 14.8. The fourth-order valence-corrected chi connectivity index (χ4v) is 3.17. The predicted octanol–water partition coefficient (Wildman–Crippen LogP) is 3.84. The third-order valence-electron chi connectivity index (χ3n) is 4.56. The van der Waals surface area contributed by atoms with Crippen LogP contribution in [-0.2, 0) is 6.42 Å². The van der Waals surface area contributed by atoms with Gasteiger partial charge in [0.1, 0.15) is 0 Å². The van der Waals surface area contributed by atoms with Gasteiger partial charge in [0.2, 0.25) is 0 Å². The van der Waals surface area contributed by atoms with Crippen LogP contribution >= 0.6 is 0 Å². The van der Waals surface area contributed by atoms with Crippen LogP contribution in [0, 0.1) is 6.92 Å². The molecule has 0 spiro atoms. The molecule has 2 heteroatoms. The summed E-state index contributed by atoms with van der Waals surface area (Å²) in [6.07, 6.45) is 2.38. The Kier molecular flexibility index (Phi) is 3.98. The van der Waals surface area contributed by atoms with Gasteiger partial charge in [0, 0.05) is 24.3 Å². The molecule has 110 valence electrons. The van der Waals surface area contributed by atoms with Crippen LogP contribution in [0.25, 0.3) is 0 Å². The molecule has 0 aromatic heterocycles. The largest absolute Gasteiger partial charge is 0.367 e. The van der Waals surface area contributed by atoms with E-state index in [-0.39, 0.29) is 6.04 Å². The van der Waals surface area contributed by atoms with Crippen LogP contribution in [0.5, 0.6) is 0 Å². The van der Waals surface area contributed by atoms with Gasteiger partial charge in [-0.05, 0) is 43.9 Å². The van der Waals surface area contributed by atoms with Gasteiger partial charge in [-0.15, -0.1) is 0 Å². The lowest BCUT2D eigenvalue weighted by atomic mass is 9.95. The summed E-state index contributed by atoms with van der Waals surface area (Å²) in [6.45, 7) is 5.29. The van der Waals surface area contributed by atoms with Crippen LogP contribution in [0.2, 0.25) is 0 Å². The van der Waals surface area contributed by atoms with E-state index in [1.165, 1.54) is 35.2 Å². The fraction of sp³-hybridized carbons (Fsp3) is 0.368. The van der Waals surface area contributed by atoms with Crippen molar-refractivity contribution in [1.29, 1.82) is 0 Å². The van der Waals surface area contributed by atoms with Crippen LogP contribution < -0.4 is 10.6 Å². The van der Waals surface area contributed by atoms with E-state index in [0.29, 0.717) is 6.04 Å². The molecular formula is C19H24N2. The second kappa shape index (κ2) is 5.90. The third-order valence-corrected chi connectivity index (χ3v) is 4.56. The molecule has 2 N–H and O–H groups in total. The standard InChI is InChI=1S/C19H24N2/c1-14-7-10-16(11-8-14)18(20)13-21-15(2)9-12-17-5-3-4-6-19(17)21/h3-8,10-11,15,18H,9,12-13,20H2,1-2H3. The molecule has 0 saturated carbocycles. The van der Waals surface area contributed by atoms with Crippen molar-refractivity contribution in [3.8, 4) is 0 Å². The number of rotatable bonds is 3. The number of benzene rings is 2. The molecule has 0 amide bonds. The van der Waals surface area contributed by atoms with Gasteiger partial charge in [-0.2, -0.15) is 0 Å². The van der Waals surface area contributed by atoms with Crippen molar-refractivity contribution in [3.05, 3.63) is 65.2 Å². The van der Waals surface area contributed by atoms with E-state index in [9.17, 15) is 0 Å². The molecule has 1 heterocycles. The fourth-order valence-electron chi connectivity index (χ4n) is 3.17. The van der Waals surface area contributed by atoms with Gasteiger partial charge < -0.3 is 10.6 Å². The molecule has 21 heavy (non-hydrogen) atoms. The quantitative estimate of drug-likeness (QED) is 0.925. The highest BCUT2D eigenvalue weighted by Crippen LogP contribution is 2.31. The maximum absolute atomic E-state index is 6.45. The average Bonchev–Trinajstić information content (AvgIpc) is 2.51. The number of nitrogens with two attached hydrogens (primary N) is 1. The molecule has 0 aliphatic carbocycles. The minimum absolute atomic E-state index is 0.0548. The SMILES string of the molecule is Cc1ccc(C(N)CN2c3ccccc3CCC2C)cc1. The summed E-state index contributed by atoms with van der Waals surface area (Å²) in [5.41, 5.74) is 11.8. The Morgan fingerprint density at radius 1 is 1.14 bits per heavy atom. The van der Waals surface area contributed by atoms with Crippen molar-refractivity contribution in [2.75, 3.05) is 11.4 Å². The number of anilines is 1. The van der Waals surface area contributed by atoms with Crippen molar-refractivity contribution in [2.45, 2.75) is 38.8 Å². The van der Waals surface area contributed by atoms with Gasteiger partial charge in [0.25, 0.3) is 0 Å². The maximum atomic E-state index is 6.45. The zero-order valence-corrected chi connectivity index (χ0v) is 12.9. The van der Waals surface area contributed by atoms with Gasteiger partial charge in [-0.3, -0.25) is 0 Å². The zero-order valence-electron chi connectivity index (χ0n) is 12.9. The second-order valence-corrected chi connectivity index (χ2v) is 6.19. The molecule has 1 aliphatic rings. The molecule has 2 unspecified atom stereocenters. The van der Waals surface area contributed by atoms with E-state index in [4.69, 9.17) is 5.73 Å². The average molecular weight is 280 g/mol. The number of fused-ring (bicyclic) bond motifs is 1. The Balaban J connectivity index is 1.82. The number of hydrogen-bond donors (Lipinski definition) is 1. The molecule has 1 aliphatic heterocycles. The molecule has 0 fully saturated rings. The van der Waals surface area contributed by atoms with E-state index in [1.54, 1.807) is 0 Å². The van der Waals surface area contributed by atoms with E-state index < -0.39 is 0 Å². The summed E-state index contributed by atoms with van der Waals surface area (Å²) in [4.78, 5) is 2.48. The summed E-state index contributed by atoms with van der Waals surface area (Å²) in [5.74, 6) is 0. The summed E-state index contributed by atoms with van der Waals surface area (Å²) in [7, 11) is 0. The molecule has 3 rings (SSSR count). The van der Waals surface area contributed by atoms with Crippen molar-refractivity contribution in [3.63, 3.8) is 0 Å². The highest BCUT2D eigenvalue weighted by Gasteiger charge is 2.24. The van der Waals surface area contributed by atoms with Crippen LogP contribution in [0.3, 0.4) is 0 Å². The van der Waals surface area contributed by atoms with Crippen LogP contribution in [0.1, 0.15) is 36.1 Å². The number of para-hydroxylation sites is 1. The number of aryl methyl sites for hydroxylation is 2. The van der Waals surface area contributed by atoms with Gasteiger partial charge in [0.05, 0.1) is 0 Å². The Bertz CT molecular complexity index is 603. The predicted molar refractivity (Wildman–Crippen MR) is 89.7 cm³/mol. The van der Waals surface area contributed by atoms with Gasteiger partial charge >= 0.3 is 0 Å². The summed E-state index contributed by atoms with van der Waals surface area (Å²) in [5, 5.41) is 0. The van der Waals surface area contributed by atoms with Crippen LogP contribution in [0.4, 0.5) is 5.69 Å². The van der Waals surface area contributed by atoms with Crippen molar-refractivity contribution in [1.82, 2.24) is 0 Å². The summed E-state index contributed by atoms with van der Waals surface area (Å²) >= 11 is 0. The Hall–Kier alpha value is -1.80. The number of nitrogens with zero attached hydrogens (tertiary/aromatic N) is 1. The highest BCUT2D eigenvalue weighted by atomic mass is 15.2. The van der Waals surface area contributed by atoms with Crippen LogP contribution in [0.15, 0.2) is 48.5 Å². The van der Waals surface area contributed by atoms with Crippen molar-refractivity contribution < 1.29 is 0 Å². The number of hydrogen-bond acceptors (Lipinski definition) is 2. The maximum Gasteiger partial charge on any atom is 0.0473 e. The van der Waals surface area contributed by atoms with Crippen molar-refractivity contribution in [2.24, 2.45) is 5.73 Å². The van der Waals surface area contributed by atoms with E-state index in [0.717, 1.165) is 6.54 Å². The summed E-state index contributed by atoms with van der Waals surface area (Å²) in [6, 6.07) is 17.9. The van der Waals surface area contributed by atoms with Gasteiger partial charge in [0.15, 0.2) is 0 Å². The molecule has 0 radical (unpaired) electrons. The normalized spacial score (nSPS) is 19.2. The molecule has 2 aromatic rings. The second-order valence-electron chi connectivity index (χ2n) is 6.19. The first-order chi connectivity index (χ1) is 10.1. The van der Waals surface area contributed by atoms with Gasteiger partial charge in [-0.25, -0.2) is 0 Å². The topological polar surface area (TPSA) is 29.3 Å². The first kappa shape index (κ1) is 14.2. The molecule has 0 saturated heterocycles. The Labute approximate surface area is 127 Å². The minimum Gasteiger partial charge on any atom is -0.367 e. The molecule has 2 aromatic carbocycles. The van der Waals surface area contributed by atoms with Crippen molar-refractivity contribution >= 4 is 5.69 Å². The Morgan fingerprint density at radius 2 is 1.86 bits per heavy atom. The lowest BCUT2D eigenvalue weighted by molar-refractivity contribution is 0.532. The molecule has 0 bridgehead atoms. The first-order valence-electron chi connectivity index (χ1n) is 7.82. The van der Waals surface area contributed by atoms with E-state index >= 15 is 0 Å². The monoisotopic (exact) mass is 280 g/mol. The smallest absolute Gasteiger partial charge is 0.0473 e. The van der Waals surface area contributed by atoms with Crippen LogP contribution in [-0.4, -0.2) is 12.6 Å². The first-order valence-corrected chi connectivity index (χ1v) is 7.82. The minimum atomic E-state index is 0.0548. The Morgan fingerprint density at radius 3 is 2.62 bits per heavy atom. The summed E-state index contributed by atoms with van der Waals surface area (Å²) < 4.78 is 0. The highest BCUT2D eigenvalue weighted by molar-refractivity contribution is 5.56. The van der Waals surface area contributed by atoms with E-state index in [1.807, 2.05) is 0 Å². The van der Waals surface area contributed by atoms with Gasteiger partial charge in [-0.1, -0.05) is 48.0 Å².